The van der Waals surface area contributed by atoms with E-state index in [2.05, 4.69) is 22.1 Å². The Morgan fingerprint density at radius 2 is 2.13 bits per heavy atom. The minimum absolute atomic E-state index is 0.651. The zero-order valence-electron chi connectivity index (χ0n) is 8.81. The number of nitrogens with two attached hydrogens (primary N) is 1. The Bertz CT molecular complexity index is 457. The Kier molecular flexibility index (Phi) is 2.37. The number of aryl methyl sites for hydroxylation is 1. The molecular weight excluding hydrogens is 190 g/mol. The Hall–Kier alpha value is -1.91. The van der Waals surface area contributed by atoms with Crippen LogP contribution in [-0.4, -0.2) is 19.7 Å². The van der Waals surface area contributed by atoms with Crippen LogP contribution < -0.4 is 5.73 Å². The smallest absolute Gasteiger partial charge is 0.182 e. The molecule has 0 bridgehead atoms. The van der Waals surface area contributed by atoms with Crippen LogP contribution in [0, 0.1) is 6.92 Å². The van der Waals surface area contributed by atoms with Gasteiger partial charge in [0.1, 0.15) is 11.5 Å². The van der Waals surface area contributed by atoms with Gasteiger partial charge in [0.25, 0.3) is 0 Å². The summed E-state index contributed by atoms with van der Waals surface area (Å²) in [6.07, 6.45) is 1.62. The second-order valence-corrected chi connectivity index (χ2v) is 3.29. The Balaban J connectivity index is 2.49. The van der Waals surface area contributed by atoms with Crippen LogP contribution in [0.25, 0.3) is 11.5 Å². The largest absolute Gasteiger partial charge is 0.397 e. The zero-order chi connectivity index (χ0) is 10.8. The molecule has 2 heterocycles. The zero-order valence-corrected chi connectivity index (χ0v) is 8.81. The van der Waals surface area contributed by atoms with E-state index < -0.39 is 0 Å². The standard InChI is InChI=1S/C10H13N5/c1-3-15-7(2)13-14-10(15)9-5-4-8(11)6-12-9/h4-6H,3,11H2,1-2H3. The third-order valence-corrected chi connectivity index (χ3v) is 2.27. The molecule has 5 heteroatoms. The van der Waals surface area contributed by atoms with Gasteiger partial charge in [-0.2, -0.15) is 0 Å². The molecule has 2 aromatic rings. The second kappa shape index (κ2) is 3.68. The predicted octanol–water partition coefficient (Wildman–Crippen LogP) is 1.25. The van der Waals surface area contributed by atoms with Crippen molar-refractivity contribution in [2.24, 2.45) is 0 Å². The van der Waals surface area contributed by atoms with Crippen molar-refractivity contribution in [3.05, 3.63) is 24.2 Å². The van der Waals surface area contributed by atoms with Crippen molar-refractivity contribution in [3.8, 4) is 11.5 Å². The number of hydrogen-bond acceptors (Lipinski definition) is 4. The molecule has 0 aliphatic carbocycles. The average molecular weight is 203 g/mol. The lowest BCUT2D eigenvalue weighted by Crippen LogP contribution is -2.01. The van der Waals surface area contributed by atoms with Gasteiger partial charge in [0, 0.05) is 6.54 Å². The van der Waals surface area contributed by atoms with Crippen molar-refractivity contribution >= 4 is 5.69 Å². The van der Waals surface area contributed by atoms with Crippen LogP contribution in [0.3, 0.4) is 0 Å². The van der Waals surface area contributed by atoms with E-state index in [1.54, 1.807) is 6.20 Å². The third kappa shape index (κ3) is 1.68. The molecule has 78 valence electrons. The molecule has 0 radical (unpaired) electrons. The lowest BCUT2D eigenvalue weighted by molar-refractivity contribution is 0.735. The molecule has 0 aliphatic heterocycles. The summed E-state index contributed by atoms with van der Waals surface area (Å²) < 4.78 is 2.01. The lowest BCUT2D eigenvalue weighted by atomic mass is 10.3. The van der Waals surface area contributed by atoms with Crippen LogP contribution in [0.5, 0.6) is 0 Å². The van der Waals surface area contributed by atoms with Gasteiger partial charge < -0.3 is 10.3 Å². The summed E-state index contributed by atoms with van der Waals surface area (Å²) in [5.74, 6) is 1.68. The van der Waals surface area contributed by atoms with Crippen molar-refractivity contribution in [1.29, 1.82) is 0 Å². The van der Waals surface area contributed by atoms with Gasteiger partial charge in [-0.1, -0.05) is 0 Å². The maximum absolute atomic E-state index is 5.58. The van der Waals surface area contributed by atoms with E-state index >= 15 is 0 Å². The van der Waals surface area contributed by atoms with Crippen molar-refractivity contribution in [2.75, 3.05) is 5.73 Å². The molecule has 0 aromatic carbocycles. The number of anilines is 1. The first-order valence-electron chi connectivity index (χ1n) is 4.84. The fourth-order valence-corrected chi connectivity index (χ4v) is 1.49. The normalized spacial score (nSPS) is 10.5. The van der Waals surface area contributed by atoms with Crippen molar-refractivity contribution in [1.82, 2.24) is 19.7 Å². The van der Waals surface area contributed by atoms with Gasteiger partial charge in [0.2, 0.25) is 0 Å². The molecule has 5 nitrogen and oxygen atoms in total. The maximum Gasteiger partial charge on any atom is 0.182 e. The molecule has 0 fully saturated rings. The summed E-state index contributed by atoms with van der Waals surface area (Å²) in [5, 5.41) is 8.12. The maximum atomic E-state index is 5.58. The topological polar surface area (TPSA) is 69.6 Å². The van der Waals surface area contributed by atoms with Gasteiger partial charge in [-0.25, -0.2) is 0 Å². The predicted molar refractivity (Wildman–Crippen MR) is 58.1 cm³/mol. The Morgan fingerprint density at radius 1 is 1.33 bits per heavy atom. The van der Waals surface area contributed by atoms with E-state index in [0.717, 1.165) is 23.9 Å². The van der Waals surface area contributed by atoms with Crippen molar-refractivity contribution < 1.29 is 0 Å². The quantitative estimate of drug-likeness (QED) is 0.797. The van der Waals surface area contributed by atoms with Gasteiger partial charge in [0.05, 0.1) is 11.9 Å². The van der Waals surface area contributed by atoms with Crippen LogP contribution in [0.2, 0.25) is 0 Å². The number of aromatic nitrogens is 4. The molecule has 0 amide bonds. The molecule has 0 aliphatic rings. The number of nitrogens with zero attached hydrogens (tertiary/aromatic N) is 4. The summed E-state index contributed by atoms with van der Waals surface area (Å²) in [4.78, 5) is 4.22. The van der Waals surface area contributed by atoms with E-state index in [9.17, 15) is 0 Å². The van der Waals surface area contributed by atoms with E-state index in [1.165, 1.54) is 0 Å². The van der Waals surface area contributed by atoms with Crippen LogP contribution in [0.4, 0.5) is 5.69 Å². The molecule has 15 heavy (non-hydrogen) atoms. The Labute approximate surface area is 88.0 Å². The molecule has 0 saturated carbocycles. The summed E-state index contributed by atoms with van der Waals surface area (Å²) in [5.41, 5.74) is 7.02. The molecular formula is C10H13N5. The molecule has 2 aromatic heterocycles. The highest BCUT2D eigenvalue weighted by atomic mass is 15.3. The van der Waals surface area contributed by atoms with Crippen LogP contribution >= 0.6 is 0 Å². The third-order valence-electron chi connectivity index (χ3n) is 2.27. The van der Waals surface area contributed by atoms with Gasteiger partial charge in [-0.15, -0.1) is 10.2 Å². The van der Waals surface area contributed by atoms with E-state index in [1.807, 2.05) is 23.6 Å². The number of pyridine rings is 1. The molecule has 2 N–H and O–H groups in total. The second-order valence-electron chi connectivity index (χ2n) is 3.29. The monoisotopic (exact) mass is 203 g/mol. The first kappa shape index (κ1) is 9.64. The molecule has 2 rings (SSSR count). The van der Waals surface area contributed by atoms with Crippen LogP contribution in [0.15, 0.2) is 18.3 Å². The summed E-state index contributed by atoms with van der Waals surface area (Å²) >= 11 is 0. The fourth-order valence-electron chi connectivity index (χ4n) is 1.49. The molecule has 0 atom stereocenters. The number of rotatable bonds is 2. The average Bonchev–Trinajstić information content (AvgIpc) is 2.61. The Morgan fingerprint density at radius 3 is 2.73 bits per heavy atom. The van der Waals surface area contributed by atoms with E-state index in [-0.39, 0.29) is 0 Å². The highest BCUT2D eigenvalue weighted by Crippen LogP contribution is 2.16. The van der Waals surface area contributed by atoms with E-state index in [0.29, 0.717) is 5.69 Å². The molecule has 0 saturated heterocycles. The fraction of sp³-hybridized carbons (Fsp3) is 0.300. The first-order valence-corrected chi connectivity index (χ1v) is 4.84. The van der Waals surface area contributed by atoms with Crippen molar-refractivity contribution in [2.45, 2.75) is 20.4 Å². The summed E-state index contributed by atoms with van der Waals surface area (Å²) in [7, 11) is 0. The van der Waals surface area contributed by atoms with Gasteiger partial charge in [-0.3, -0.25) is 4.98 Å². The SMILES string of the molecule is CCn1c(C)nnc1-c1ccc(N)cn1. The highest BCUT2D eigenvalue weighted by Gasteiger charge is 2.09. The van der Waals surface area contributed by atoms with Gasteiger partial charge in [0.15, 0.2) is 5.82 Å². The summed E-state index contributed by atoms with van der Waals surface area (Å²) in [6.45, 7) is 4.81. The minimum Gasteiger partial charge on any atom is -0.397 e. The number of nitrogen functional groups attached to an aromatic ring is 1. The first-order chi connectivity index (χ1) is 7.22. The highest BCUT2D eigenvalue weighted by molar-refractivity contribution is 5.52. The number of hydrogen-bond donors (Lipinski definition) is 1. The van der Waals surface area contributed by atoms with Crippen LogP contribution in [0.1, 0.15) is 12.7 Å². The van der Waals surface area contributed by atoms with Crippen LogP contribution in [-0.2, 0) is 6.54 Å². The van der Waals surface area contributed by atoms with Crippen molar-refractivity contribution in [3.63, 3.8) is 0 Å². The molecule has 0 spiro atoms. The van der Waals surface area contributed by atoms with Gasteiger partial charge >= 0.3 is 0 Å². The van der Waals surface area contributed by atoms with E-state index in [4.69, 9.17) is 5.73 Å². The summed E-state index contributed by atoms with van der Waals surface area (Å²) in [6, 6.07) is 3.66. The van der Waals surface area contributed by atoms with Gasteiger partial charge in [-0.05, 0) is 26.0 Å². The minimum atomic E-state index is 0.651. The lowest BCUT2D eigenvalue weighted by Gasteiger charge is -2.04. The molecule has 0 unspecified atom stereocenters.